The fourth-order valence-corrected chi connectivity index (χ4v) is 3.79. The molecule has 1 fully saturated rings. The zero-order valence-corrected chi connectivity index (χ0v) is 16.3. The highest BCUT2D eigenvalue weighted by Crippen LogP contribution is 2.27. The molecule has 1 aliphatic carbocycles. The molecule has 1 amide bonds. The number of nitrogens with zero attached hydrogens (tertiary/aromatic N) is 3. The van der Waals surface area contributed by atoms with Gasteiger partial charge < -0.3 is 11.1 Å². The van der Waals surface area contributed by atoms with Gasteiger partial charge in [0.1, 0.15) is 5.69 Å². The van der Waals surface area contributed by atoms with E-state index in [1.807, 2.05) is 0 Å². The van der Waals surface area contributed by atoms with Gasteiger partial charge >= 0.3 is 0 Å². The van der Waals surface area contributed by atoms with Gasteiger partial charge in [0.2, 0.25) is 11.9 Å². The first-order chi connectivity index (χ1) is 14.5. The second-order valence-corrected chi connectivity index (χ2v) is 7.44. The predicted molar refractivity (Wildman–Crippen MR) is 112 cm³/mol. The van der Waals surface area contributed by atoms with Gasteiger partial charge in [-0.2, -0.15) is 0 Å². The Balaban J connectivity index is 1.57. The molecule has 0 aliphatic heterocycles. The van der Waals surface area contributed by atoms with E-state index in [2.05, 4.69) is 15.3 Å². The maximum absolute atomic E-state index is 14.5. The summed E-state index contributed by atoms with van der Waals surface area (Å²) in [7, 11) is 0. The van der Waals surface area contributed by atoms with Crippen molar-refractivity contribution in [3.63, 3.8) is 0 Å². The van der Waals surface area contributed by atoms with Gasteiger partial charge in [-0.05, 0) is 43.9 Å². The molecule has 4 rings (SSSR count). The van der Waals surface area contributed by atoms with Crippen LogP contribution in [0.4, 0.5) is 10.3 Å². The monoisotopic (exact) mass is 407 g/mol. The van der Waals surface area contributed by atoms with Crippen LogP contribution in [0.1, 0.15) is 25.7 Å². The average molecular weight is 407 g/mol. The maximum Gasteiger partial charge on any atom is 0.255 e. The SMILES string of the molecule is NC(=O)[C@H]1CC[C@H](Nc2ncc(F)c(-c3cccc(-n4ccccc4=O)c3)n2)CC1. The summed E-state index contributed by atoms with van der Waals surface area (Å²) in [6.07, 6.45) is 5.78. The highest BCUT2D eigenvalue weighted by molar-refractivity contribution is 5.76. The molecule has 0 saturated heterocycles. The van der Waals surface area contributed by atoms with E-state index in [-0.39, 0.29) is 29.1 Å². The van der Waals surface area contributed by atoms with Gasteiger partial charge in [0.05, 0.1) is 6.20 Å². The topological polar surface area (TPSA) is 103 Å². The lowest BCUT2D eigenvalue weighted by Crippen LogP contribution is -2.32. The number of halogens is 1. The van der Waals surface area contributed by atoms with E-state index in [1.54, 1.807) is 42.6 Å². The summed E-state index contributed by atoms with van der Waals surface area (Å²) in [4.78, 5) is 31.9. The summed E-state index contributed by atoms with van der Waals surface area (Å²) in [6.45, 7) is 0. The number of carbonyl (C=O) groups excluding carboxylic acids is 1. The van der Waals surface area contributed by atoms with Crippen LogP contribution in [-0.2, 0) is 4.79 Å². The van der Waals surface area contributed by atoms with Crippen molar-refractivity contribution < 1.29 is 9.18 Å². The Hall–Kier alpha value is -3.55. The van der Waals surface area contributed by atoms with E-state index in [0.29, 0.717) is 17.2 Å². The molecule has 0 unspecified atom stereocenters. The Morgan fingerprint density at radius 1 is 1.13 bits per heavy atom. The summed E-state index contributed by atoms with van der Waals surface area (Å²) >= 11 is 0. The van der Waals surface area contributed by atoms with Gasteiger partial charge in [-0.25, -0.2) is 14.4 Å². The third kappa shape index (κ3) is 4.22. The predicted octanol–water partition coefficient (Wildman–Crippen LogP) is 2.89. The maximum atomic E-state index is 14.5. The third-order valence-electron chi connectivity index (χ3n) is 5.43. The molecule has 154 valence electrons. The number of hydrogen-bond donors (Lipinski definition) is 2. The molecule has 1 aromatic carbocycles. The minimum absolute atomic E-state index is 0.0862. The zero-order valence-electron chi connectivity index (χ0n) is 16.3. The van der Waals surface area contributed by atoms with Gasteiger partial charge in [-0.1, -0.05) is 18.2 Å². The molecule has 3 aromatic rings. The molecule has 1 saturated carbocycles. The Kier molecular flexibility index (Phi) is 5.56. The molecular formula is C22H22FN5O2. The van der Waals surface area contributed by atoms with Crippen molar-refractivity contribution in [2.75, 3.05) is 5.32 Å². The Morgan fingerprint density at radius 2 is 1.93 bits per heavy atom. The number of nitrogens with one attached hydrogen (secondary N) is 1. The van der Waals surface area contributed by atoms with Gasteiger partial charge in [-0.15, -0.1) is 0 Å². The molecule has 2 aromatic heterocycles. The first kappa shape index (κ1) is 19.8. The van der Waals surface area contributed by atoms with Crippen molar-refractivity contribution in [2.24, 2.45) is 11.7 Å². The number of anilines is 1. The number of carbonyl (C=O) groups is 1. The summed E-state index contributed by atoms with van der Waals surface area (Å²) in [5, 5.41) is 3.24. The lowest BCUT2D eigenvalue weighted by atomic mass is 9.86. The van der Waals surface area contributed by atoms with Crippen LogP contribution in [0.15, 0.2) is 59.7 Å². The van der Waals surface area contributed by atoms with Crippen LogP contribution in [0.2, 0.25) is 0 Å². The number of pyridine rings is 1. The van der Waals surface area contributed by atoms with Crippen molar-refractivity contribution in [1.82, 2.24) is 14.5 Å². The zero-order chi connectivity index (χ0) is 21.1. The highest BCUT2D eigenvalue weighted by atomic mass is 19.1. The second-order valence-electron chi connectivity index (χ2n) is 7.44. The first-order valence-corrected chi connectivity index (χ1v) is 9.88. The number of amides is 1. The van der Waals surface area contributed by atoms with Crippen LogP contribution in [0.5, 0.6) is 0 Å². The molecule has 7 nitrogen and oxygen atoms in total. The molecular weight excluding hydrogens is 385 g/mol. The summed E-state index contributed by atoms with van der Waals surface area (Å²) in [5.74, 6) is -0.560. The molecule has 0 spiro atoms. The summed E-state index contributed by atoms with van der Waals surface area (Å²) in [6, 6.07) is 12.0. The van der Waals surface area contributed by atoms with Crippen LogP contribution in [0, 0.1) is 11.7 Å². The molecule has 0 radical (unpaired) electrons. The number of benzene rings is 1. The summed E-state index contributed by atoms with van der Waals surface area (Å²) in [5.41, 5.74) is 6.53. The van der Waals surface area contributed by atoms with Gasteiger partial charge in [0, 0.05) is 35.5 Å². The van der Waals surface area contributed by atoms with Gasteiger partial charge in [0.25, 0.3) is 5.56 Å². The molecule has 30 heavy (non-hydrogen) atoms. The van der Waals surface area contributed by atoms with Crippen LogP contribution >= 0.6 is 0 Å². The average Bonchev–Trinajstić information content (AvgIpc) is 2.76. The smallest absolute Gasteiger partial charge is 0.255 e. The fraction of sp³-hybridized carbons (Fsp3) is 0.273. The second kappa shape index (κ2) is 8.44. The largest absolute Gasteiger partial charge is 0.369 e. The normalized spacial score (nSPS) is 18.7. The highest BCUT2D eigenvalue weighted by Gasteiger charge is 2.25. The van der Waals surface area contributed by atoms with E-state index in [4.69, 9.17) is 5.73 Å². The van der Waals surface area contributed by atoms with Crippen molar-refractivity contribution in [1.29, 1.82) is 0 Å². The van der Waals surface area contributed by atoms with Gasteiger partial charge in [0.15, 0.2) is 5.82 Å². The Bertz CT molecular complexity index is 1120. The number of rotatable bonds is 5. The van der Waals surface area contributed by atoms with Crippen molar-refractivity contribution >= 4 is 11.9 Å². The molecule has 2 heterocycles. The number of hydrogen-bond acceptors (Lipinski definition) is 5. The minimum Gasteiger partial charge on any atom is -0.369 e. The lowest BCUT2D eigenvalue weighted by Gasteiger charge is -2.27. The van der Waals surface area contributed by atoms with Gasteiger partial charge in [-0.3, -0.25) is 14.2 Å². The Morgan fingerprint density at radius 3 is 2.67 bits per heavy atom. The van der Waals surface area contributed by atoms with E-state index in [0.717, 1.165) is 31.9 Å². The molecule has 0 bridgehead atoms. The van der Waals surface area contributed by atoms with Crippen molar-refractivity contribution in [3.8, 4) is 16.9 Å². The number of aromatic nitrogens is 3. The quantitative estimate of drug-likeness (QED) is 0.677. The molecule has 0 atom stereocenters. The lowest BCUT2D eigenvalue weighted by molar-refractivity contribution is -0.122. The Labute approximate surface area is 172 Å². The van der Waals surface area contributed by atoms with Crippen LogP contribution < -0.4 is 16.6 Å². The van der Waals surface area contributed by atoms with E-state index in [1.165, 1.54) is 10.6 Å². The van der Waals surface area contributed by atoms with E-state index in [9.17, 15) is 14.0 Å². The standard InChI is InChI=1S/C22H22FN5O2/c23-18-13-25-22(26-16-9-7-14(8-10-16)21(24)30)27-20(18)15-4-3-5-17(12-15)28-11-2-1-6-19(28)29/h1-6,11-14,16H,7-10H2,(H2,24,30)(H,25,26,27)/t14-,16-. The fourth-order valence-electron chi connectivity index (χ4n) is 3.79. The van der Waals surface area contributed by atoms with Crippen LogP contribution in [0.3, 0.4) is 0 Å². The van der Waals surface area contributed by atoms with Crippen LogP contribution in [0.25, 0.3) is 16.9 Å². The van der Waals surface area contributed by atoms with E-state index >= 15 is 0 Å². The third-order valence-corrected chi connectivity index (χ3v) is 5.43. The first-order valence-electron chi connectivity index (χ1n) is 9.88. The van der Waals surface area contributed by atoms with Crippen molar-refractivity contribution in [3.05, 3.63) is 71.0 Å². The number of nitrogens with two attached hydrogens (primary N) is 1. The molecule has 3 N–H and O–H groups in total. The number of primary amides is 1. The minimum atomic E-state index is -0.546. The van der Waals surface area contributed by atoms with Crippen molar-refractivity contribution in [2.45, 2.75) is 31.7 Å². The molecule has 1 aliphatic rings. The molecule has 8 heteroatoms. The summed E-state index contributed by atoms with van der Waals surface area (Å²) < 4.78 is 16.0. The van der Waals surface area contributed by atoms with E-state index < -0.39 is 5.82 Å². The van der Waals surface area contributed by atoms with Crippen LogP contribution in [-0.4, -0.2) is 26.5 Å².